The number of ether oxygens (including phenoxy) is 5. The first-order chi connectivity index (χ1) is 16.7. The second-order valence-corrected chi connectivity index (χ2v) is 10.0. The van der Waals surface area contributed by atoms with Gasteiger partial charge in [0.25, 0.3) is 5.91 Å². The smallest absolute Gasteiger partial charge is 0.260 e. The molecule has 1 fully saturated rings. The van der Waals surface area contributed by atoms with Crippen molar-refractivity contribution in [3.05, 3.63) is 40.9 Å². The van der Waals surface area contributed by atoms with E-state index in [-0.39, 0.29) is 47.8 Å². The highest BCUT2D eigenvalue weighted by molar-refractivity contribution is 7.89. The summed E-state index contributed by atoms with van der Waals surface area (Å²) >= 11 is 6.27. The quantitative estimate of drug-likeness (QED) is 0.463. The van der Waals surface area contributed by atoms with Crippen LogP contribution in [0.25, 0.3) is 0 Å². The number of hydrogen-bond acceptors (Lipinski definition) is 8. The lowest BCUT2D eigenvalue weighted by Gasteiger charge is -2.26. The van der Waals surface area contributed by atoms with Gasteiger partial charge in [0.05, 0.1) is 44.5 Å². The number of halogens is 1. The van der Waals surface area contributed by atoms with Crippen LogP contribution < -0.4 is 18.9 Å². The van der Waals surface area contributed by atoms with Gasteiger partial charge in [-0.25, -0.2) is 8.42 Å². The average molecular weight is 529 g/mol. The minimum atomic E-state index is -3.69. The maximum Gasteiger partial charge on any atom is 0.260 e. The molecule has 0 N–H and O–H groups in total. The highest BCUT2D eigenvalue weighted by Crippen LogP contribution is 2.38. The fraction of sp³-hybridized carbons (Fsp3) is 0.435. The number of rotatable bonds is 10. The standard InChI is InChI=1S/C23H29ClN2O8S/c1-25(14-16-11-20(30-2)23(32-4)21(12-16)31-3)22(27)15-34-19-6-5-17(13-18(19)24)35(28,29)26-7-9-33-10-8-26/h5-6,11-13H,7-10,14-15H2,1-4H3. The number of benzene rings is 2. The Balaban J connectivity index is 1.64. The summed E-state index contributed by atoms with van der Waals surface area (Å²) in [5.74, 6) is 1.34. The van der Waals surface area contributed by atoms with Crippen LogP contribution in [0.15, 0.2) is 35.2 Å². The first-order valence-electron chi connectivity index (χ1n) is 10.7. The van der Waals surface area contributed by atoms with Gasteiger partial charge in [0, 0.05) is 26.7 Å². The van der Waals surface area contributed by atoms with Gasteiger partial charge in [-0.1, -0.05) is 11.6 Å². The van der Waals surface area contributed by atoms with Crippen molar-refractivity contribution in [2.75, 3.05) is 61.3 Å². The highest BCUT2D eigenvalue weighted by Gasteiger charge is 2.27. The van der Waals surface area contributed by atoms with Crippen LogP contribution in [0.1, 0.15) is 5.56 Å². The Morgan fingerprint density at radius 3 is 2.20 bits per heavy atom. The summed E-state index contributed by atoms with van der Waals surface area (Å²) in [7, 11) is 2.50. The molecule has 2 aromatic carbocycles. The molecule has 0 atom stereocenters. The van der Waals surface area contributed by atoms with Gasteiger partial charge in [-0.15, -0.1) is 0 Å². The van der Waals surface area contributed by atoms with E-state index in [1.807, 2.05) is 0 Å². The molecule has 12 heteroatoms. The molecule has 2 aromatic rings. The van der Waals surface area contributed by atoms with E-state index in [9.17, 15) is 13.2 Å². The van der Waals surface area contributed by atoms with Gasteiger partial charge < -0.3 is 28.6 Å². The Kier molecular flexibility index (Phi) is 9.06. The third kappa shape index (κ3) is 6.29. The predicted octanol–water partition coefficient (Wildman–Crippen LogP) is 2.42. The van der Waals surface area contributed by atoms with Crippen LogP contribution in [0, 0.1) is 0 Å². The third-order valence-electron chi connectivity index (χ3n) is 5.43. The summed E-state index contributed by atoms with van der Waals surface area (Å²) in [6.45, 7) is 1.25. The zero-order valence-corrected chi connectivity index (χ0v) is 21.6. The van der Waals surface area contributed by atoms with Crippen LogP contribution in [-0.4, -0.2) is 84.8 Å². The van der Waals surface area contributed by atoms with Crippen molar-refractivity contribution < 1.29 is 36.9 Å². The third-order valence-corrected chi connectivity index (χ3v) is 7.62. The van der Waals surface area contributed by atoms with Crippen LogP contribution in [0.4, 0.5) is 0 Å². The molecule has 0 aromatic heterocycles. The van der Waals surface area contributed by atoms with Gasteiger partial charge in [0.1, 0.15) is 5.75 Å². The van der Waals surface area contributed by atoms with Crippen LogP contribution in [0.2, 0.25) is 5.02 Å². The van der Waals surface area contributed by atoms with Gasteiger partial charge >= 0.3 is 0 Å². The number of hydrogen-bond donors (Lipinski definition) is 0. The maximum atomic E-state index is 12.8. The molecule has 0 spiro atoms. The predicted molar refractivity (Wildman–Crippen MR) is 129 cm³/mol. The number of nitrogens with zero attached hydrogens (tertiary/aromatic N) is 2. The topological polar surface area (TPSA) is 104 Å². The van der Waals surface area contributed by atoms with E-state index in [2.05, 4.69) is 0 Å². The lowest BCUT2D eigenvalue weighted by atomic mass is 10.1. The van der Waals surface area contributed by atoms with Gasteiger partial charge in [-0.05, 0) is 35.9 Å². The lowest BCUT2D eigenvalue weighted by molar-refractivity contribution is -0.132. The lowest BCUT2D eigenvalue weighted by Crippen LogP contribution is -2.40. The van der Waals surface area contributed by atoms with Gasteiger partial charge in [0.15, 0.2) is 18.1 Å². The molecule has 3 rings (SSSR count). The Bertz CT molecular complexity index is 1130. The Hall–Kier alpha value is -2.73. The molecule has 10 nitrogen and oxygen atoms in total. The van der Waals surface area contributed by atoms with Crippen molar-refractivity contribution in [3.8, 4) is 23.0 Å². The maximum absolute atomic E-state index is 12.8. The van der Waals surface area contributed by atoms with Crippen LogP contribution in [-0.2, 0) is 26.1 Å². The number of amides is 1. The van der Waals surface area contributed by atoms with E-state index >= 15 is 0 Å². The van der Waals surface area contributed by atoms with Crippen LogP contribution in [0.3, 0.4) is 0 Å². The molecule has 1 aliphatic heterocycles. The fourth-order valence-electron chi connectivity index (χ4n) is 3.53. The fourth-order valence-corrected chi connectivity index (χ4v) is 5.27. The van der Waals surface area contributed by atoms with Gasteiger partial charge in [0.2, 0.25) is 15.8 Å². The number of methoxy groups -OCH3 is 3. The molecule has 35 heavy (non-hydrogen) atoms. The number of sulfonamides is 1. The van der Waals surface area contributed by atoms with Crippen LogP contribution in [0.5, 0.6) is 23.0 Å². The number of morpholine rings is 1. The largest absolute Gasteiger partial charge is 0.493 e. The number of likely N-dealkylation sites (N-methyl/N-ethyl adjacent to an activating group) is 1. The van der Waals surface area contributed by atoms with E-state index in [0.717, 1.165) is 5.56 Å². The van der Waals surface area contributed by atoms with E-state index in [0.29, 0.717) is 30.5 Å². The zero-order chi connectivity index (χ0) is 25.6. The average Bonchev–Trinajstić information content (AvgIpc) is 2.87. The zero-order valence-electron chi connectivity index (χ0n) is 20.1. The first kappa shape index (κ1) is 26.9. The highest BCUT2D eigenvalue weighted by atomic mass is 35.5. The van der Waals surface area contributed by atoms with Gasteiger partial charge in [-0.2, -0.15) is 4.31 Å². The van der Waals surface area contributed by atoms with Crippen LogP contribution >= 0.6 is 11.6 Å². The first-order valence-corrected chi connectivity index (χ1v) is 12.6. The molecule has 1 heterocycles. The minimum absolute atomic E-state index is 0.0580. The van der Waals surface area contributed by atoms with E-state index in [1.54, 1.807) is 19.2 Å². The van der Waals surface area contributed by atoms with Crippen molar-refractivity contribution in [3.63, 3.8) is 0 Å². The van der Waals surface area contributed by atoms with Gasteiger partial charge in [-0.3, -0.25) is 4.79 Å². The SMILES string of the molecule is COc1cc(CN(C)C(=O)COc2ccc(S(=O)(=O)N3CCOCC3)cc2Cl)cc(OC)c1OC. The number of carbonyl (C=O) groups is 1. The second-order valence-electron chi connectivity index (χ2n) is 7.68. The van der Waals surface area contributed by atoms with Crippen molar-refractivity contribution in [1.29, 1.82) is 0 Å². The molecule has 192 valence electrons. The van der Waals surface area contributed by atoms with E-state index < -0.39 is 10.0 Å². The molecular formula is C23H29ClN2O8S. The van der Waals surface area contributed by atoms with Crippen molar-refractivity contribution in [2.45, 2.75) is 11.4 Å². The second kappa shape index (κ2) is 11.8. The molecule has 0 aliphatic carbocycles. The van der Waals surface area contributed by atoms with Crippen molar-refractivity contribution >= 4 is 27.5 Å². The summed E-state index contributed by atoms with van der Waals surface area (Å²) in [5, 5.41) is 0.0967. The summed E-state index contributed by atoms with van der Waals surface area (Å²) in [4.78, 5) is 14.2. The summed E-state index contributed by atoms with van der Waals surface area (Å²) in [6.07, 6.45) is 0. The molecule has 0 bridgehead atoms. The minimum Gasteiger partial charge on any atom is -0.493 e. The molecule has 1 aliphatic rings. The van der Waals surface area contributed by atoms with Crippen molar-refractivity contribution in [1.82, 2.24) is 9.21 Å². The Labute approximate surface area is 210 Å². The molecule has 1 amide bonds. The molecule has 0 unspecified atom stereocenters. The van der Waals surface area contributed by atoms with E-state index in [4.69, 9.17) is 35.3 Å². The normalized spacial score (nSPS) is 14.3. The molecular weight excluding hydrogens is 500 g/mol. The summed E-state index contributed by atoms with van der Waals surface area (Å²) in [6, 6.07) is 7.71. The summed E-state index contributed by atoms with van der Waals surface area (Å²) < 4.78 is 53.8. The number of carbonyl (C=O) groups excluding carboxylic acids is 1. The van der Waals surface area contributed by atoms with Crippen molar-refractivity contribution in [2.24, 2.45) is 0 Å². The van der Waals surface area contributed by atoms with E-state index in [1.165, 1.54) is 48.7 Å². The Morgan fingerprint density at radius 2 is 1.66 bits per heavy atom. The summed E-state index contributed by atoms with van der Waals surface area (Å²) in [5.41, 5.74) is 0.769. The molecule has 1 saturated heterocycles. The molecule has 0 saturated carbocycles. The molecule has 0 radical (unpaired) electrons. The Morgan fingerprint density at radius 1 is 1.03 bits per heavy atom. The monoisotopic (exact) mass is 528 g/mol.